The van der Waals surface area contributed by atoms with Crippen LogP contribution in [0.4, 0.5) is 5.00 Å². The molecule has 0 saturated heterocycles. The number of fused-ring (bicyclic) bond motifs is 1. The normalized spacial score (nSPS) is 11.0. The molecule has 0 spiro atoms. The minimum absolute atomic E-state index is 0.0262. The van der Waals surface area contributed by atoms with Gasteiger partial charge in [-0.15, -0.1) is 11.3 Å². The molecule has 3 rings (SSSR count). The average molecular weight is 490 g/mol. The second kappa shape index (κ2) is 11.4. The summed E-state index contributed by atoms with van der Waals surface area (Å²) in [6, 6.07) is 7.11. The monoisotopic (exact) mass is 489 g/mol. The zero-order valence-corrected chi connectivity index (χ0v) is 20.7. The van der Waals surface area contributed by atoms with Gasteiger partial charge in [-0.05, 0) is 38.0 Å². The second-order valence-electron chi connectivity index (χ2n) is 7.11. The van der Waals surface area contributed by atoms with Crippen molar-refractivity contribution in [1.29, 1.82) is 0 Å². The first-order valence-corrected chi connectivity index (χ1v) is 12.4. The van der Waals surface area contributed by atoms with Gasteiger partial charge in [-0.1, -0.05) is 30.8 Å². The minimum Gasteiger partial charge on any atom is -0.462 e. The molecule has 2 heterocycles. The first-order valence-electron chi connectivity index (χ1n) is 10.6. The van der Waals surface area contributed by atoms with Crippen molar-refractivity contribution in [2.24, 2.45) is 0 Å². The molecule has 3 aromatic rings. The van der Waals surface area contributed by atoms with Crippen LogP contribution in [0, 0.1) is 6.92 Å². The fraction of sp³-hybridized carbons (Fsp3) is 0.391. The molecule has 176 valence electrons. The highest BCUT2D eigenvalue weighted by Gasteiger charge is 2.23. The van der Waals surface area contributed by atoms with Gasteiger partial charge in [-0.2, -0.15) is 0 Å². The number of ether oxygens (including phenoxy) is 2. The number of methoxy groups -OCH3 is 1. The molecular weight excluding hydrogens is 462 g/mol. The maximum atomic E-state index is 12.9. The Labute approximate surface area is 200 Å². The highest BCUT2D eigenvalue weighted by Crippen LogP contribution is 2.34. The fourth-order valence-corrected chi connectivity index (χ4v) is 5.42. The van der Waals surface area contributed by atoms with Gasteiger partial charge in [0.1, 0.15) is 5.00 Å². The summed E-state index contributed by atoms with van der Waals surface area (Å²) in [4.78, 5) is 43.8. The van der Waals surface area contributed by atoms with E-state index in [1.54, 1.807) is 32.2 Å². The van der Waals surface area contributed by atoms with Gasteiger partial charge in [0.25, 0.3) is 5.56 Å². The molecule has 0 aliphatic heterocycles. The van der Waals surface area contributed by atoms with E-state index in [2.05, 4.69) is 10.3 Å². The van der Waals surface area contributed by atoms with Gasteiger partial charge in [0.15, 0.2) is 5.16 Å². The van der Waals surface area contributed by atoms with Crippen molar-refractivity contribution in [2.75, 3.05) is 31.4 Å². The lowest BCUT2D eigenvalue weighted by atomic mass is 10.1. The first kappa shape index (κ1) is 24.9. The molecule has 2 aromatic heterocycles. The molecule has 0 radical (unpaired) electrons. The summed E-state index contributed by atoms with van der Waals surface area (Å²) in [5.74, 6) is -0.709. The Balaban J connectivity index is 1.83. The number of para-hydroxylation sites is 1. The topological polar surface area (TPSA) is 99.5 Å². The van der Waals surface area contributed by atoms with Gasteiger partial charge in [-0.3, -0.25) is 14.2 Å². The third-order valence-electron chi connectivity index (χ3n) is 4.97. The molecule has 1 amide bonds. The number of nitrogens with zero attached hydrogens (tertiary/aromatic N) is 2. The number of anilines is 1. The molecule has 0 fully saturated rings. The number of hydrogen-bond donors (Lipinski definition) is 1. The summed E-state index contributed by atoms with van der Waals surface area (Å²) in [5.41, 5.74) is 1.70. The number of aryl methyl sites for hydroxylation is 1. The van der Waals surface area contributed by atoms with E-state index in [4.69, 9.17) is 9.47 Å². The first-order chi connectivity index (χ1) is 15.9. The van der Waals surface area contributed by atoms with Crippen molar-refractivity contribution in [3.8, 4) is 0 Å². The van der Waals surface area contributed by atoms with E-state index in [0.717, 1.165) is 10.4 Å². The highest BCUT2D eigenvalue weighted by atomic mass is 32.2. The molecule has 1 aromatic carbocycles. The van der Waals surface area contributed by atoms with Crippen LogP contribution in [0.1, 0.15) is 34.6 Å². The summed E-state index contributed by atoms with van der Waals surface area (Å²) < 4.78 is 11.9. The van der Waals surface area contributed by atoms with Crippen LogP contribution < -0.4 is 10.9 Å². The Bertz CT molecular complexity index is 1220. The summed E-state index contributed by atoms with van der Waals surface area (Å²) in [6.45, 7) is 6.56. The van der Waals surface area contributed by atoms with Gasteiger partial charge in [0, 0.05) is 12.0 Å². The molecule has 8 nitrogen and oxygen atoms in total. The molecule has 0 unspecified atom stereocenters. The number of thiophene rings is 1. The van der Waals surface area contributed by atoms with E-state index in [1.165, 1.54) is 27.7 Å². The van der Waals surface area contributed by atoms with Crippen LogP contribution in [0.3, 0.4) is 0 Å². The van der Waals surface area contributed by atoms with Crippen molar-refractivity contribution in [3.05, 3.63) is 50.6 Å². The van der Waals surface area contributed by atoms with Crippen molar-refractivity contribution in [1.82, 2.24) is 9.55 Å². The van der Waals surface area contributed by atoms with E-state index < -0.39 is 5.97 Å². The predicted octanol–water partition coefficient (Wildman–Crippen LogP) is 3.88. The number of esters is 1. The maximum absolute atomic E-state index is 12.9. The van der Waals surface area contributed by atoms with Crippen molar-refractivity contribution >= 4 is 50.9 Å². The Morgan fingerprint density at radius 2 is 2.00 bits per heavy atom. The summed E-state index contributed by atoms with van der Waals surface area (Å²) >= 11 is 2.53. The van der Waals surface area contributed by atoms with Crippen molar-refractivity contribution in [3.63, 3.8) is 0 Å². The summed E-state index contributed by atoms with van der Waals surface area (Å²) in [7, 11) is 1.56. The predicted molar refractivity (Wildman–Crippen MR) is 132 cm³/mol. The highest BCUT2D eigenvalue weighted by molar-refractivity contribution is 7.99. The molecule has 0 aliphatic carbocycles. The Hall–Kier alpha value is -2.69. The smallest absolute Gasteiger partial charge is 0.341 e. The maximum Gasteiger partial charge on any atom is 0.341 e. The molecule has 0 saturated carbocycles. The molecule has 0 atom stereocenters. The zero-order valence-electron chi connectivity index (χ0n) is 19.1. The van der Waals surface area contributed by atoms with Gasteiger partial charge >= 0.3 is 5.97 Å². The number of nitrogens with one attached hydrogen (secondary N) is 1. The summed E-state index contributed by atoms with van der Waals surface area (Å²) in [6.07, 6.45) is 0.661. The van der Waals surface area contributed by atoms with Crippen LogP contribution in [0.25, 0.3) is 10.9 Å². The van der Waals surface area contributed by atoms with Gasteiger partial charge in [0.05, 0.1) is 42.0 Å². The standard InChI is InChI=1S/C23H27N3O5S2/c1-5-15-14(3)33-20(19(15)22(29)31-6-2)25-18(27)13-32-23-24-17-10-8-7-9-16(17)21(28)26(23)11-12-30-4/h7-10H,5-6,11-13H2,1-4H3,(H,25,27). The lowest BCUT2D eigenvalue weighted by Crippen LogP contribution is -2.26. The largest absolute Gasteiger partial charge is 0.462 e. The van der Waals surface area contributed by atoms with Crippen LogP contribution in [0.2, 0.25) is 0 Å². The number of carbonyl (C=O) groups is 2. The van der Waals surface area contributed by atoms with E-state index in [9.17, 15) is 14.4 Å². The number of amides is 1. The number of carbonyl (C=O) groups excluding carboxylic acids is 2. The van der Waals surface area contributed by atoms with Crippen LogP contribution in [0.15, 0.2) is 34.2 Å². The molecular formula is C23H27N3O5S2. The van der Waals surface area contributed by atoms with Gasteiger partial charge < -0.3 is 14.8 Å². The van der Waals surface area contributed by atoms with Crippen molar-refractivity contribution in [2.45, 2.75) is 38.9 Å². The second-order valence-corrected chi connectivity index (χ2v) is 9.28. The minimum atomic E-state index is -0.439. The number of aromatic nitrogens is 2. The molecule has 0 bridgehead atoms. The van der Waals surface area contributed by atoms with E-state index >= 15 is 0 Å². The Morgan fingerprint density at radius 1 is 1.24 bits per heavy atom. The quantitative estimate of drug-likeness (QED) is 0.262. The Morgan fingerprint density at radius 3 is 2.70 bits per heavy atom. The fourth-order valence-electron chi connectivity index (χ4n) is 3.44. The van der Waals surface area contributed by atoms with Gasteiger partial charge in [-0.25, -0.2) is 9.78 Å². The zero-order chi connectivity index (χ0) is 24.0. The van der Waals surface area contributed by atoms with E-state index in [-0.39, 0.29) is 23.8 Å². The SMILES string of the molecule is CCOC(=O)c1c(NC(=O)CSc2nc3ccccc3c(=O)n2CCOC)sc(C)c1CC. The van der Waals surface area contributed by atoms with Crippen LogP contribution >= 0.6 is 23.1 Å². The van der Waals surface area contributed by atoms with Crippen LogP contribution in [0.5, 0.6) is 0 Å². The lowest BCUT2D eigenvalue weighted by Gasteiger charge is -2.13. The number of benzene rings is 1. The molecule has 33 heavy (non-hydrogen) atoms. The number of rotatable bonds is 10. The third kappa shape index (κ3) is 5.63. The number of hydrogen-bond acceptors (Lipinski definition) is 8. The summed E-state index contributed by atoms with van der Waals surface area (Å²) in [5, 5.41) is 4.29. The third-order valence-corrected chi connectivity index (χ3v) is 7.01. The lowest BCUT2D eigenvalue weighted by molar-refractivity contribution is -0.113. The van der Waals surface area contributed by atoms with E-state index in [0.29, 0.717) is 46.2 Å². The van der Waals surface area contributed by atoms with Crippen molar-refractivity contribution < 1.29 is 19.1 Å². The van der Waals surface area contributed by atoms with E-state index in [1.807, 2.05) is 19.9 Å². The molecule has 0 aliphatic rings. The van der Waals surface area contributed by atoms with Crippen LogP contribution in [-0.2, 0) is 27.2 Å². The molecule has 1 N–H and O–H groups in total. The van der Waals surface area contributed by atoms with Gasteiger partial charge in [0.2, 0.25) is 5.91 Å². The average Bonchev–Trinajstić information content (AvgIpc) is 3.12. The molecule has 10 heteroatoms. The van der Waals surface area contributed by atoms with Crippen LogP contribution in [-0.4, -0.2) is 47.5 Å². The number of thioether (sulfide) groups is 1. The Kier molecular flexibility index (Phi) is 8.65.